The fourth-order valence-corrected chi connectivity index (χ4v) is 3.83. The summed E-state index contributed by atoms with van der Waals surface area (Å²) < 4.78 is 28.4. The predicted octanol–water partition coefficient (Wildman–Crippen LogP) is 0.471. The van der Waals surface area contributed by atoms with Crippen molar-refractivity contribution in [2.75, 3.05) is 12.3 Å². The number of hydrogen-bond donors (Lipinski definition) is 2. The monoisotopic (exact) mass is 270 g/mol. The summed E-state index contributed by atoms with van der Waals surface area (Å²) in [5, 5.41) is 3.86. The van der Waals surface area contributed by atoms with E-state index in [4.69, 9.17) is 5.73 Å². The van der Waals surface area contributed by atoms with Crippen LogP contribution in [-0.2, 0) is 17.1 Å². The Bertz CT molecular complexity index is 570. The molecule has 7 heteroatoms. The number of aromatic nitrogens is 2. The highest BCUT2D eigenvalue weighted by Crippen LogP contribution is 2.60. The molecule has 0 radical (unpaired) electrons. The molecule has 2 saturated carbocycles. The Labute approximate surface area is 107 Å². The molecule has 1 aromatic rings. The Morgan fingerprint density at radius 1 is 1.56 bits per heavy atom. The summed E-state index contributed by atoms with van der Waals surface area (Å²) in [7, 11) is -1.87. The molecule has 0 bridgehead atoms. The molecule has 0 aliphatic heterocycles. The van der Waals surface area contributed by atoms with E-state index in [2.05, 4.69) is 9.82 Å². The van der Waals surface area contributed by atoms with E-state index in [-0.39, 0.29) is 16.1 Å². The first-order chi connectivity index (χ1) is 8.43. The molecular weight excluding hydrogens is 252 g/mol. The third kappa shape index (κ3) is 2.01. The fraction of sp³-hybridized carbons (Fsp3) is 0.727. The van der Waals surface area contributed by atoms with Crippen LogP contribution in [0.1, 0.15) is 25.7 Å². The van der Waals surface area contributed by atoms with Crippen LogP contribution in [0.2, 0.25) is 0 Å². The van der Waals surface area contributed by atoms with Crippen LogP contribution < -0.4 is 10.5 Å². The first-order valence-electron chi connectivity index (χ1n) is 6.22. The molecule has 2 aliphatic carbocycles. The molecule has 0 amide bonds. The minimum Gasteiger partial charge on any atom is -0.381 e. The maximum absolute atomic E-state index is 12.1. The first kappa shape index (κ1) is 12.0. The maximum Gasteiger partial charge on any atom is 0.245 e. The molecule has 2 fully saturated rings. The molecule has 1 heterocycles. The van der Waals surface area contributed by atoms with Gasteiger partial charge in [0.2, 0.25) is 10.0 Å². The fourth-order valence-electron chi connectivity index (χ4n) is 2.59. The summed E-state index contributed by atoms with van der Waals surface area (Å²) in [6.45, 7) is 0.536. The van der Waals surface area contributed by atoms with Crippen LogP contribution in [0.15, 0.2) is 11.1 Å². The minimum atomic E-state index is -3.53. The van der Waals surface area contributed by atoms with Crippen molar-refractivity contribution in [1.29, 1.82) is 0 Å². The molecule has 0 aromatic carbocycles. The largest absolute Gasteiger partial charge is 0.381 e. The lowest BCUT2D eigenvalue weighted by Gasteiger charge is -2.14. The van der Waals surface area contributed by atoms with Crippen molar-refractivity contribution >= 4 is 15.8 Å². The van der Waals surface area contributed by atoms with E-state index in [1.807, 2.05) is 0 Å². The second-order valence-corrected chi connectivity index (χ2v) is 7.25. The Morgan fingerprint density at radius 2 is 2.22 bits per heavy atom. The topological polar surface area (TPSA) is 90.0 Å². The zero-order chi connectivity index (χ0) is 13.0. The highest BCUT2D eigenvalue weighted by Gasteiger charge is 2.53. The number of nitrogens with two attached hydrogens (primary N) is 1. The average Bonchev–Trinajstić information content (AvgIpc) is 3.15. The number of nitrogen functional groups attached to an aromatic ring is 1. The van der Waals surface area contributed by atoms with Gasteiger partial charge in [0.1, 0.15) is 4.90 Å². The third-order valence-corrected chi connectivity index (χ3v) is 5.48. The normalized spacial score (nSPS) is 22.1. The van der Waals surface area contributed by atoms with Crippen LogP contribution in [0, 0.1) is 11.3 Å². The molecule has 2 aliphatic rings. The van der Waals surface area contributed by atoms with Crippen molar-refractivity contribution < 1.29 is 8.42 Å². The van der Waals surface area contributed by atoms with Gasteiger partial charge in [-0.15, -0.1) is 0 Å². The molecule has 1 aromatic heterocycles. The molecule has 3 rings (SSSR count). The lowest BCUT2D eigenvalue weighted by atomic mass is 10.0. The van der Waals surface area contributed by atoms with Crippen LogP contribution in [0.25, 0.3) is 0 Å². The van der Waals surface area contributed by atoms with Crippen molar-refractivity contribution in [3.05, 3.63) is 6.20 Å². The SMILES string of the molecule is Cn1cc(S(=O)(=O)NCC2(C3CC3)CC2)c(N)n1. The Hall–Kier alpha value is -1.08. The first-order valence-corrected chi connectivity index (χ1v) is 7.70. The van der Waals surface area contributed by atoms with Gasteiger partial charge in [0.05, 0.1) is 0 Å². The van der Waals surface area contributed by atoms with Gasteiger partial charge in [-0.05, 0) is 37.0 Å². The van der Waals surface area contributed by atoms with E-state index in [0.717, 1.165) is 18.8 Å². The van der Waals surface area contributed by atoms with Gasteiger partial charge in [0, 0.05) is 19.8 Å². The third-order valence-electron chi connectivity index (χ3n) is 4.06. The zero-order valence-corrected chi connectivity index (χ0v) is 11.2. The molecule has 0 spiro atoms. The van der Waals surface area contributed by atoms with Gasteiger partial charge in [0.25, 0.3) is 0 Å². The molecule has 18 heavy (non-hydrogen) atoms. The molecule has 6 nitrogen and oxygen atoms in total. The minimum absolute atomic E-state index is 0.0567. The quantitative estimate of drug-likeness (QED) is 0.814. The molecule has 0 saturated heterocycles. The summed E-state index contributed by atoms with van der Waals surface area (Å²) in [5.41, 5.74) is 5.84. The van der Waals surface area contributed by atoms with E-state index >= 15 is 0 Å². The number of nitrogens with one attached hydrogen (secondary N) is 1. The van der Waals surface area contributed by atoms with E-state index in [1.54, 1.807) is 7.05 Å². The van der Waals surface area contributed by atoms with E-state index in [9.17, 15) is 8.42 Å². The Balaban J connectivity index is 1.73. The van der Waals surface area contributed by atoms with Crippen molar-refractivity contribution in [3.8, 4) is 0 Å². The number of anilines is 1. The van der Waals surface area contributed by atoms with Gasteiger partial charge in [-0.25, -0.2) is 13.1 Å². The highest BCUT2D eigenvalue weighted by atomic mass is 32.2. The molecule has 100 valence electrons. The van der Waals surface area contributed by atoms with Gasteiger partial charge < -0.3 is 5.73 Å². The van der Waals surface area contributed by atoms with Crippen LogP contribution in [0.3, 0.4) is 0 Å². The molecule has 3 N–H and O–H groups in total. The van der Waals surface area contributed by atoms with E-state index < -0.39 is 10.0 Å². The predicted molar refractivity (Wildman–Crippen MR) is 67.2 cm³/mol. The van der Waals surface area contributed by atoms with Crippen molar-refractivity contribution in [3.63, 3.8) is 0 Å². The molecule has 0 unspecified atom stereocenters. The summed E-state index contributed by atoms with van der Waals surface area (Å²) in [6.07, 6.45) is 6.22. The smallest absolute Gasteiger partial charge is 0.245 e. The van der Waals surface area contributed by atoms with Crippen LogP contribution in [0.4, 0.5) is 5.82 Å². The lowest BCUT2D eigenvalue weighted by molar-refractivity contribution is 0.432. The van der Waals surface area contributed by atoms with E-state index in [0.29, 0.717) is 6.54 Å². The van der Waals surface area contributed by atoms with Gasteiger partial charge >= 0.3 is 0 Å². The van der Waals surface area contributed by atoms with Gasteiger partial charge in [-0.1, -0.05) is 0 Å². The number of hydrogen-bond acceptors (Lipinski definition) is 4. The van der Waals surface area contributed by atoms with Crippen molar-refractivity contribution in [2.45, 2.75) is 30.6 Å². The van der Waals surface area contributed by atoms with Crippen LogP contribution in [-0.4, -0.2) is 24.7 Å². The van der Waals surface area contributed by atoms with E-state index in [1.165, 1.54) is 23.7 Å². The molecule has 0 atom stereocenters. The van der Waals surface area contributed by atoms with Gasteiger partial charge in [0.15, 0.2) is 5.82 Å². The Morgan fingerprint density at radius 3 is 2.67 bits per heavy atom. The lowest BCUT2D eigenvalue weighted by Crippen LogP contribution is -2.31. The summed E-state index contributed by atoms with van der Waals surface area (Å²) in [6, 6.07) is 0. The standard InChI is InChI=1S/C11H18N4O2S/c1-15-6-9(10(12)14-15)18(16,17)13-7-11(4-5-11)8-2-3-8/h6,8,13H,2-5,7H2,1H3,(H2,12,14). The van der Waals surface area contributed by atoms with Gasteiger partial charge in [-0.2, -0.15) is 5.10 Å². The molecular formula is C11H18N4O2S. The number of sulfonamides is 1. The van der Waals surface area contributed by atoms with Crippen molar-refractivity contribution in [2.24, 2.45) is 18.4 Å². The summed E-state index contributed by atoms with van der Waals surface area (Å²) in [4.78, 5) is 0.0802. The maximum atomic E-state index is 12.1. The average molecular weight is 270 g/mol. The highest BCUT2D eigenvalue weighted by molar-refractivity contribution is 7.89. The Kier molecular flexibility index (Phi) is 2.47. The summed E-state index contributed by atoms with van der Waals surface area (Å²) >= 11 is 0. The van der Waals surface area contributed by atoms with Crippen LogP contribution >= 0.6 is 0 Å². The second kappa shape index (κ2) is 3.71. The zero-order valence-electron chi connectivity index (χ0n) is 10.4. The number of aryl methyl sites for hydroxylation is 1. The number of nitrogens with zero attached hydrogens (tertiary/aromatic N) is 2. The van der Waals surface area contributed by atoms with Gasteiger partial charge in [-0.3, -0.25) is 4.68 Å². The second-order valence-electron chi connectivity index (χ2n) is 5.51. The van der Waals surface area contributed by atoms with Crippen molar-refractivity contribution in [1.82, 2.24) is 14.5 Å². The van der Waals surface area contributed by atoms with Crippen LogP contribution in [0.5, 0.6) is 0 Å². The number of rotatable bonds is 5. The summed E-state index contributed by atoms with van der Waals surface area (Å²) in [5.74, 6) is 0.785.